The van der Waals surface area contributed by atoms with Crippen LogP contribution in [-0.4, -0.2) is 8.32 Å². The first-order valence-corrected chi connectivity index (χ1v) is 16.9. The molecule has 1 nitrogen and oxygen atoms in total. The number of rotatable bonds is 7. The van der Waals surface area contributed by atoms with Crippen molar-refractivity contribution in [3.05, 3.63) is 121 Å². The summed E-state index contributed by atoms with van der Waals surface area (Å²) < 4.78 is 6.55. The van der Waals surface area contributed by atoms with E-state index in [4.69, 9.17) is 4.43 Å². The summed E-state index contributed by atoms with van der Waals surface area (Å²) in [5.41, 5.74) is 1.34. The fraction of sp³-hybridized carbons (Fsp3) is 0.226. The van der Waals surface area contributed by atoms with Crippen LogP contribution in [0.1, 0.15) is 26.3 Å². The van der Waals surface area contributed by atoms with Gasteiger partial charge in [-0.25, -0.2) is 0 Å². The van der Waals surface area contributed by atoms with Gasteiger partial charge in [-0.15, -0.1) is 0 Å². The normalized spacial score (nSPS) is 12.0. The molecule has 0 fully saturated rings. The van der Waals surface area contributed by atoms with Crippen molar-refractivity contribution >= 4 is 31.5 Å². The Balaban J connectivity index is 0.00000342. The van der Waals surface area contributed by atoms with Crippen molar-refractivity contribution in [2.45, 2.75) is 45.1 Å². The Morgan fingerprint density at radius 3 is 1.31 bits per heavy atom. The van der Waals surface area contributed by atoms with E-state index in [1.165, 1.54) is 21.5 Å². The molecule has 4 rings (SSSR count). The number of benzene rings is 4. The van der Waals surface area contributed by atoms with Crippen LogP contribution in [-0.2, 0) is 6.16 Å². The zero-order valence-corrected chi connectivity index (χ0v) is 24.9. The van der Waals surface area contributed by atoms with Gasteiger partial charge in [-0.1, -0.05) is 87.5 Å². The first-order chi connectivity index (χ1) is 16.2. The van der Waals surface area contributed by atoms with Crippen molar-refractivity contribution in [1.29, 1.82) is 0 Å². The summed E-state index contributed by atoms with van der Waals surface area (Å²) in [6.45, 7) is 11.5. The lowest BCUT2D eigenvalue weighted by Crippen LogP contribution is -3.00. The van der Waals surface area contributed by atoms with E-state index in [1.807, 2.05) is 0 Å². The lowest BCUT2D eigenvalue weighted by atomic mass is 10.2. The second-order valence-electron chi connectivity index (χ2n) is 10.5. The minimum absolute atomic E-state index is 0. The van der Waals surface area contributed by atoms with Crippen molar-refractivity contribution in [1.82, 2.24) is 0 Å². The molecular formula is C31H36BrOPSi. The molecule has 182 valence electrons. The third-order valence-electron chi connectivity index (χ3n) is 7.11. The topological polar surface area (TPSA) is 9.23 Å². The fourth-order valence-corrected chi connectivity index (χ4v) is 9.43. The lowest BCUT2D eigenvalue weighted by Gasteiger charge is -2.36. The molecule has 0 aliphatic carbocycles. The van der Waals surface area contributed by atoms with E-state index >= 15 is 0 Å². The second-order valence-corrected chi connectivity index (χ2v) is 18.7. The molecule has 0 unspecified atom stereocenters. The summed E-state index contributed by atoms with van der Waals surface area (Å²) in [5.74, 6) is 0.985. The molecular weight excluding hydrogens is 527 g/mol. The Bertz CT molecular complexity index is 1090. The van der Waals surface area contributed by atoms with Gasteiger partial charge < -0.3 is 21.4 Å². The Kier molecular flexibility index (Phi) is 8.80. The Labute approximate surface area is 223 Å². The van der Waals surface area contributed by atoms with Crippen molar-refractivity contribution in [2.24, 2.45) is 0 Å². The van der Waals surface area contributed by atoms with E-state index in [-0.39, 0.29) is 22.0 Å². The summed E-state index contributed by atoms with van der Waals surface area (Å²) >= 11 is 0. The highest BCUT2D eigenvalue weighted by atomic mass is 79.9. The number of hydrogen-bond donors (Lipinski definition) is 0. The molecule has 0 atom stereocenters. The van der Waals surface area contributed by atoms with Crippen LogP contribution in [0, 0.1) is 0 Å². The molecule has 0 amide bonds. The minimum Gasteiger partial charge on any atom is -1.00 e. The molecule has 0 saturated heterocycles. The molecule has 0 aliphatic rings. The first-order valence-electron chi connectivity index (χ1n) is 12.1. The number of halogens is 1. The van der Waals surface area contributed by atoms with Gasteiger partial charge in [0.15, 0.2) is 0 Å². The van der Waals surface area contributed by atoms with Crippen LogP contribution in [0.3, 0.4) is 0 Å². The van der Waals surface area contributed by atoms with Gasteiger partial charge in [-0.05, 0) is 72.2 Å². The molecule has 0 radical (unpaired) electrons. The van der Waals surface area contributed by atoms with E-state index in [0.29, 0.717) is 0 Å². The number of hydrogen-bond acceptors (Lipinski definition) is 1. The minimum atomic E-state index is -1.89. The summed E-state index contributed by atoms with van der Waals surface area (Å²) in [5, 5.41) is 4.41. The average molecular weight is 564 g/mol. The van der Waals surface area contributed by atoms with Crippen LogP contribution in [0.5, 0.6) is 5.75 Å². The molecule has 35 heavy (non-hydrogen) atoms. The van der Waals surface area contributed by atoms with Gasteiger partial charge in [0.1, 0.15) is 28.9 Å². The maximum Gasteiger partial charge on any atom is 0.250 e. The van der Waals surface area contributed by atoms with Gasteiger partial charge in [0.05, 0.1) is 6.16 Å². The van der Waals surface area contributed by atoms with Crippen LogP contribution >= 0.6 is 7.26 Å². The third kappa shape index (κ3) is 5.97. The van der Waals surface area contributed by atoms with E-state index < -0.39 is 15.6 Å². The van der Waals surface area contributed by atoms with Gasteiger partial charge in [-0.2, -0.15) is 0 Å². The molecule has 0 heterocycles. The van der Waals surface area contributed by atoms with Crippen LogP contribution in [0.4, 0.5) is 0 Å². The van der Waals surface area contributed by atoms with Crippen molar-refractivity contribution in [3.8, 4) is 5.75 Å². The van der Waals surface area contributed by atoms with E-state index in [2.05, 4.69) is 149 Å². The summed E-state index contributed by atoms with van der Waals surface area (Å²) in [7, 11) is -3.75. The van der Waals surface area contributed by atoms with Crippen LogP contribution in [0.25, 0.3) is 0 Å². The molecule has 4 aromatic carbocycles. The van der Waals surface area contributed by atoms with Gasteiger partial charge in [0.25, 0.3) is 0 Å². The second kappa shape index (κ2) is 11.2. The Morgan fingerprint density at radius 2 is 0.971 bits per heavy atom. The third-order valence-corrected chi connectivity index (χ3v) is 15.9. The zero-order valence-electron chi connectivity index (χ0n) is 21.4. The standard InChI is InChI=1S/C31H36OPSi.BrH/c1-31(2,3)34(4,5)32-27-23-21-26(22-24-27)25-33(28-15-9-6-10-16-28,29-17-11-7-12-18-29)30-19-13-8-14-20-30;/h6-24H,25H2,1-5H3;1H/q+1;/p-1. The van der Waals surface area contributed by atoms with E-state index in [9.17, 15) is 0 Å². The van der Waals surface area contributed by atoms with Crippen LogP contribution < -0.4 is 37.3 Å². The molecule has 0 N–H and O–H groups in total. The summed E-state index contributed by atoms with van der Waals surface area (Å²) in [6.07, 6.45) is 0.978. The van der Waals surface area contributed by atoms with Crippen molar-refractivity contribution < 1.29 is 21.4 Å². The maximum atomic E-state index is 6.55. The fourth-order valence-electron chi connectivity index (χ4n) is 4.15. The van der Waals surface area contributed by atoms with Gasteiger partial charge in [-0.3, -0.25) is 0 Å². The first kappa shape index (κ1) is 27.4. The summed E-state index contributed by atoms with van der Waals surface area (Å²) in [6, 6.07) is 42.1. The average Bonchev–Trinajstić information content (AvgIpc) is 2.84. The van der Waals surface area contributed by atoms with Gasteiger partial charge >= 0.3 is 0 Å². The predicted octanol–water partition coefficient (Wildman–Crippen LogP) is 4.57. The highest BCUT2D eigenvalue weighted by Crippen LogP contribution is 2.58. The zero-order chi connectivity index (χ0) is 24.2. The van der Waals surface area contributed by atoms with Crippen molar-refractivity contribution in [3.63, 3.8) is 0 Å². The smallest absolute Gasteiger partial charge is 0.250 e. The molecule has 0 saturated carbocycles. The molecule has 4 heteroatoms. The maximum absolute atomic E-state index is 6.55. The monoisotopic (exact) mass is 562 g/mol. The highest BCUT2D eigenvalue weighted by molar-refractivity contribution is 7.95. The molecule has 4 aromatic rings. The quantitative estimate of drug-likeness (QED) is 0.237. The van der Waals surface area contributed by atoms with E-state index in [1.54, 1.807) is 0 Å². The van der Waals surface area contributed by atoms with Gasteiger partial charge in [0, 0.05) is 0 Å². The SMILES string of the molecule is CC(C)(C)[Si](C)(C)Oc1ccc(C[P+](c2ccccc2)(c2ccccc2)c2ccccc2)cc1.[Br-]. The Morgan fingerprint density at radius 1 is 0.600 bits per heavy atom. The molecule has 0 spiro atoms. The lowest BCUT2D eigenvalue weighted by molar-refractivity contribution is -0.00000780. The largest absolute Gasteiger partial charge is 1.00 e. The molecule has 0 bridgehead atoms. The van der Waals surface area contributed by atoms with Crippen molar-refractivity contribution in [2.75, 3.05) is 0 Å². The predicted molar refractivity (Wildman–Crippen MR) is 153 cm³/mol. The highest BCUT2D eigenvalue weighted by Gasteiger charge is 2.45. The van der Waals surface area contributed by atoms with Crippen LogP contribution in [0.2, 0.25) is 18.1 Å². The Hall–Kier alpha value is -2.19. The molecule has 0 aromatic heterocycles. The van der Waals surface area contributed by atoms with Crippen LogP contribution in [0.15, 0.2) is 115 Å². The van der Waals surface area contributed by atoms with E-state index in [0.717, 1.165) is 11.9 Å². The molecule has 0 aliphatic heterocycles. The van der Waals surface area contributed by atoms with Gasteiger partial charge in [0.2, 0.25) is 8.32 Å². The summed E-state index contributed by atoms with van der Waals surface area (Å²) in [4.78, 5) is 0.